The van der Waals surface area contributed by atoms with Crippen LogP contribution in [0.15, 0.2) is 18.2 Å². The number of nitrogens with one attached hydrogen (secondary N) is 1. The second-order valence-corrected chi connectivity index (χ2v) is 4.72. The van der Waals surface area contributed by atoms with Gasteiger partial charge in [0, 0.05) is 0 Å². The molecule has 2 rings (SSSR count). The van der Waals surface area contributed by atoms with Gasteiger partial charge in [-0.25, -0.2) is 0 Å². The zero-order valence-corrected chi connectivity index (χ0v) is 10.9. The standard InChI is InChI=1S/C12H11ClF3NO3/c13-8(4-19-6-12(14,15)16)7-1-2-10-9(3-7)17-11(18)5-20-10/h1-3,8H,4-6H2,(H,17,18). The van der Waals surface area contributed by atoms with Crippen LogP contribution in [0.4, 0.5) is 18.9 Å². The number of halogens is 4. The van der Waals surface area contributed by atoms with Crippen LogP contribution in [0, 0.1) is 0 Å². The number of hydrogen-bond donors (Lipinski definition) is 1. The van der Waals surface area contributed by atoms with Crippen LogP contribution in [0.25, 0.3) is 0 Å². The fourth-order valence-electron chi connectivity index (χ4n) is 1.67. The first-order valence-corrected chi connectivity index (χ1v) is 6.14. The summed E-state index contributed by atoms with van der Waals surface area (Å²) in [6.07, 6.45) is -4.38. The molecule has 20 heavy (non-hydrogen) atoms. The van der Waals surface area contributed by atoms with Crippen molar-refractivity contribution in [2.45, 2.75) is 11.6 Å². The van der Waals surface area contributed by atoms with Gasteiger partial charge >= 0.3 is 6.18 Å². The Bertz CT molecular complexity index is 507. The maximum absolute atomic E-state index is 11.9. The van der Waals surface area contributed by atoms with Crippen molar-refractivity contribution in [3.63, 3.8) is 0 Å². The molecule has 0 radical (unpaired) electrons. The number of hydrogen-bond acceptors (Lipinski definition) is 3. The van der Waals surface area contributed by atoms with Crippen LogP contribution < -0.4 is 10.1 Å². The van der Waals surface area contributed by atoms with Gasteiger partial charge in [-0.2, -0.15) is 13.2 Å². The second kappa shape index (κ2) is 5.88. The third kappa shape index (κ3) is 4.01. The maximum atomic E-state index is 11.9. The SMILES string of the molecule is O=C1COc2ccc(C(Cl)COCC(F)(F)F)cc2N1. The Labute approximate surface area is 117 Å². The molecule has 1 heterocycles. The number of alkyl halides is 4. The number of ether oxygens (including phenoxy) is 2. The summed E-state index contributed by atoms with van der Waals surface area (Å²) in [5.74, 6) is 0.197. The first kappa shape index (κ1) is 14.9. The highest BCUT2D eigenvalue weighted by Gasteiger charge is 2.28. The summed E-state index contributed by atoms with van der Waals surface area (Å²) >= 11 is 5.97. The van der Waals surface area contributed by atoms with Crippen molar-refractivity contribution in [1.29, 1.82) is 0 Å². The number of benzene rings is 1. The van der Waals surface area contributed by atoms with E-state index in [1.54, 1.807) is 18.2 Å². The maximum Gasteiger partial charge on any atom is 0.411 e. The third-order valence-electron chi connectivity index (χ3n) is 2.53. The summed E-state index contributed by atoms with van der Waals surface area (Å²) in [4.78, 5) is 11.2. The summed E-state index contributed by atoms with van der Waals surface area (Å²) in [7, 11) is 0. The van der Waals surface area contributed by atoms with E-state index in [0.717, 1.165) is 0 Å². The lowest BCUT2D eigenvalue weighted by Gasteiger charge is -2.20. The highest BCUT2D eigenvalue weighted by molar-refractivity contribution is 6.21. The molecule has 0 aromatic heterocycles. The summed E-state index contributed by atoms with van der Waals surface area (Å²) in [5.41, 5.74) is 0.985. The van der Waals surface area contributed by atoms with Gasteiger partial charge in [-0.1, -0.05) is 6.07 Å². The molecule has 1 atom stereocenters. The number of amides is 1. The Morgan fingerprint density at radius 1 is 1.45 bits per heavy atom. The van der Waals surface area contributed by atoms with Crippen LogP contribution in [0.5, 0.6) is 5.75 Å². The number of anilines is 1. The lowest BCUT2D eigenvalue weighted by Crippen LogP contribution is -2.25. The third-order valence-corrected chi connectivity index (χ3v) is 2.91. The molecule has 0 saturated heterocycles. The lowest BCUT2D eigenvalue weighted by molar-refractivity contribution is -0.173. The van der Waals surface area contributed by atoms with E-state index < -0.39 is 18.2 Å². The predicted octanol–water partition coefficient (Wildman–Crippen LogP) is 2.88. The minimum Gasteiger partial charge on any atom is -0.482 e. The molecule has 0 bridgehead atoms. The molecule has 1 aromatic carbocycles. The zero-order chi connectivity index (χ0) is 14.8. The molecule has 0 saturated carbocycles. The van der Waals surface area contributed by atoms with E-state index in [-0.39, 0.29) is 19.1 Å². The van der Waals surface area contributed by atoms with Gasteiger partial charge in [-0.05, 0) is 17.7 Å². The average molecular weight is 310 g/mol. The Morgan fingerprint density at radius 3 is 2.90 bits per heavy atom. The topological polar surface area (TPSA) is 47.6 Å². The summed E-state index contributed by atoms with van der Waals surface area (Å²) in [5, 5.41) is 1.84. The van der Waals surface area contributed by atoms with Crippen molar-refractivity contribution in [3.8, 4) is 5.75 Å². The first-order chi connectivity index (χ1) is 9.35. The van der Waals surface area contributed by atoms with Gasteiger partial charge in [0.25, 0.3) is 5.91 Å². The molecule has 1 unspecified atom stereocenters. The zero-order valence-electron chi connectivity index (χ0n) is 10.2. The van der Waals surface area contributed by atoms with Gasteiger partial charge in [0.15, 0.2) is 6.61 Å². The normalized spacial score (nSPS) is 16.1. The average Bonchev–Trinajstić information content (AvgIpc) is 2.36. The number of fused-ring (bicyclic) bond motifs is 1. The highest BCUT2D eigenvalue weighted by Crippen LogP contribution is 2.32. The van der Waals surface area contributed by atoms with Gasteiger partial charge in [-0.3, -0.25) is 4.79 Å². The number of carbonyl (C=O) groups excluding carboxylic acids is 1. The Morgan fingerprint density at radius 2 is 2.20 bits per heavy atom. The molecule has 8 heteroatoms. The van der Waals surface area contributed by atoms with E-state index in [1.807, 2.05) is 0 Å². The van der Waals surface area contributed by atoms with E-state index in [0.29, 0.717) is 17.0 Å². The Kier molecular flexibility index (Phi) is 4.39. The van der Waals surface area contributed by atoms with Crippen LogP contribution in [0.1, 0.15) is 10.9 Å². The van der Waals surface area contributed by atoms with Gasteiger partial charge in [0.05, 0.1) is 17.7 Å². The van der Waals surface area contributed by atoms with Gasteiger partial charge in [0.2, 0.25) is 0 Å². The summed E-state index contributed by atoms with van der Waals surface area (Å²) in [6.45, 7) is -1.69. The fraction of sp³-hybridized carbons (Fsp3) is 0.417. The van der Waals surface area contributed by atoms with E-state index in [4.69, 9.17) is 16.3 Å². The van der Waals surface area contributed by atoms with Gasteiger partial charge in [-0.15, -0.1) is 11.6 Å². The van der Waals surface area contributed by atoms with E-state index >= 15 is 0 Å². The van der Waals surface area contributed by atoms with Crippen molar-refractivity contribution in [2.75, 3.05) is 25.1 Å². The van der Waals surface area contributed by atoms with Crippen LogP contribution in [-0.4, -0.2) is 31.9 Å². The minimum atomic E-state index is -4.38. The molecule has 1 aliphatic rings. The van der Waals surface area contributed by atoms with Crippen LogP contribution in [-0.2, 0) is 9.53 Å². The molecular formula is C12H11ClF3NO3. The Balaban J connectivity index is 1.98. The molecule has 1 aromatic rings. The molecule has 4 nitrogen and oxygen atoms in total. The van der Waals surface area contributed by atoms with Crippen molar-refractivity contribution in [2.24, 2.45) is 0 Å². The minimum absolute atomic E-state index is 0.0641. The van der Waals surface area contributed by atoms with Crippen molar-refractivity contribution in [3.05, 3.63) is 23.8 Å². The Hall–Kier alpha value is -1.47. The molecule has 0 fully saturated rings. The van der Waals surface area contributed by atoms with Crippen LogP contribution >= 0.6 is 11.6 Å². The van der Waals surface area contributed by atoms with Gasteiger partial charge < -0.3 is 14.8 Å². The van der Waals surface area contributed by atoms with Crippen molar-refractivity contribution >= 4 is 23.2 Å². The van der Waals surface area contributed by atoms with E-state index in [9.17, 15) is 18.0 Å². The molecule has 110 valence electrons. The second-order valence-electron chi connectivity index (χ2n) is 4.19. The molecular weight excluding hydrogens is 299 g/mol. The monoisotopic (exact) mass is 309 g/mol. The molecule has 1 aliphatic heterocycles. The molecule has 1 amide bonds. The predicted molar refractivity (Wildman–Crippen MR) is 66.0 cm³/mol. The summed E-state index contributed by atoms with van der Waals surface area (Å²) in [6, 6.07) is 4.77. The highest BCUT2D eigenvalue weighted by atomic mass is 35.5. The smallest absolute Gasteiger partial charge is 0.411 e. The molecule has 0 aliphatic carbocycles. The number of carbonyl (C=O) groups is 1. The fourth-order valence-corrected chi connectivity index (χ4v) is 1.89. The van der Waals surface area contributed by atoms with Crippen molar-refractivity contribution in [1.82, 2.24) is 0 Å². The largest absolute Gasteiger partial charge is 0.482 e. The van der Waals surface area contributed by atoms with Crippen molar-refractivity contribution < 1.29 is 27.4 Å². The quantitative estimate of drug-likeness (QED) is 0.870. The first-order valence-electron chi connectivity index (χ1n) is 5.70. The van der Waals surface area contributed by atoms with Crippen LogP contribution in [0.2, 0.25) is 0 Å². The molecule has 0 spiro atoms. The van der Waals surface area contributed by atoms with E-state index in [1.165, 1.54) is 0 Å². The lowest BCUT2D eigenvalue weighted by atomic mass is 10.1. The van der Waals surface area contributed by atoms with Gasteiger partial charge in [0.1, 0.15) is 12.4 Å². The summed E-state index contributed by atoms with van der Waals surface area (Å²) < 4.78 is 45.5. The van der Waals surface area contributed by atoms with E-state index in [2.05, 4.69) is 10.1 Å². The number of rotatable bonds is 4. The van der Waals surface area contributed by atoms with Crippen LogP contribution in [0.3, 0.4) is 0 Å². The molecule has 1 N–H and O–H groups in total.